The molecule has 0 unspecified atom stereocenters. The summed E-state index contributed by atoms with van der Waals surface area (Å²) in [5.41, 5.74) is 5.56. The first-order valence-corrected chi connectivity index (χ1v) is 3.11. The van der Waals surface area contributed by atoms with Gasteiger partial charge in [0.1, 0.15) is 6.61 Å². The molecule has 0 aliphatic carbocycles. The molecule has 0 saturated heterocycles. The van der Waals surface area contributed by atoms with Crippen molar-refractivity contribution in [1.29, 1.82) is 0 Å². The van der Waals surface area contributed by atoms with Gasteiger partial charge in [0.2, 0.25) is 5.91 Å². The lowest BCUT2D eigenvalue weighted by Gasteiger charge is -2.01. The van der Waals surface area contributed by atoms with Crippen LogP contribution in [0.15, 0.2) is 28.9 Å². The Morgan fingerprint density at radius 1 is 1.82 bits per heavy atom. The van der Waals surface area contributed by atoms with Crippen LogP contribution in [0.2, 0.25) is 0 Å². The molecule has 0 aromatic heterocycles. The van der Waals surface area contributed by atoms with Crippen molar-refractivity contribution in [2.75, 3.05) is 6.61 Å². The summed E-state index contributed by atoms with van der Waals surface area (Å²) in [6, 6.07) is 0. The van der Waals surface area contributed by atoms with Crippen LogP contribution in [0, 0.1) is 0 Å². The molecule has 1 aliphatic rings. The second-order valence-corrected chi connectivity index (χ2v) is 1.93. The molecule has 11 heavy (non-hydrogen) atoms. The monoisotopic (exact) mass is 152 g/mol. The zero-order chi connectivity index (χ0) is 8.10. The predicted octanol–water partition coefficient (Wildman–Crippen LogP) is -0.0297. The topological polar surface area (TPSA) is 64.7 Å². The molecule has 1 rings (SSSR count). The Bertz CT molecular complexity index is 241. The molecule has 58 valence electrons. The number of nitrogens with zero attached hydrogens (tertiary/aromatic N) is 1. The third-order valence-electron chi connectivity index (χ3n) is 1.08. The average molecular weight is 152 g/mol. The molecule has 1 amide bonds. The van der Waals surface area contributed by atoms with Gasteiger partial charge in [0.15, 0.2) is 6.40 Å². The van der Waals surface area contributed by atoms with Gasteiger partial charge in [0.05, 0.1) is 5.70 Å². The highest BCUT2D eigenvalue weighted by atomic mass is 16.5. The summed E-state index contributed by atoms with van der Waals surface area (Å²) in [6.07, 6.45) is 5.88. The van der Waals surface area contributed by atoms with E-state index in [2.05, 4.69) is 4.99 Å². The van der Waals surface area contributed by atoms with Crippen LogP contribution in [0.25, 0.3) is 0 Å². The minimum absolute atomic E-state index is 0.479. The minimum atomic E-state index is -0.479. The van der Waals surface area contributed by atoms with Gasteiger partial charge in [-0.25, -0.2) is 4.99 Å². The van der Waals surface area contributed by atoms with Crippen molar-refractivity contribution in [2.24, 2.45) is 10.7 Å². The lowest BCUT2D eigenvalue weighted by atomic mass is 10.3. The maximum Gasteiger partial charge on any atom is 0.241 e. The molecule has 0 fully saturated rings. The number of carbonyl (C=O) groups is 1. The summed E-state index contributed by atoms with van der Waals surface area (Å²) in [5.74, 6) is -0.479. The van der Waals surface area contributed by atoms with E-state index in [1.165, 1.54) is 12.5 Å². The zero-order valence-electron chi connectivity index (χ0n) is 5.86. The van der Waals surface area contributed by atoms with Crippen molar-refractivity contribution < 1.29 is 9.53 Å². The summed E-state index contributed by atoms with van der Waals surface area (Å²) >= 11 is 0. The van der Waals surface area contributed by atoms with Gasteiger partial charge in [-0.15, -0.1) is 0 Å². The Hall–Kier alpha value is -1.58. The lowest BCUT2D eigenvalue weighted by molar-refractivity contribution is -0.113. The standard InChI is InChI=1S/C7H8N2O2/c8-7(10)2-1-6-3-4-11-5-9-6/h1-3,5H,4H2,(H2,8,10). The van der Waals surface area contributed by atoms with Crippen LogP contribution >= 0.6 is 0 Å². The second-order valence-electron chi connectivity index (χ2n) is 1.93. The van der Waals surface area contributed by atoms with Crippen molar-refractivity contribution in [3.8, 4) is 0 Å². The van der Waals surface area contributed by atoms with Gasteiger partial charge < -0.3 is 10.5 Å². The number of carbonyl (C=O) groups excluding carboxylic acids is 1. The van der Waals surface area contributed by atoms with Crippen molar-refractivity contribution in [1.82, 2.24) is 0 Å². The normalized spacial score (nSPS) is 16.2. The molecule has 0 saturated carbocycles. The van der Waals surface area contributed by atoms with Gasteiger partial charge in [0, 0.05) is 6.08 Å². The van der Waals surface area contributed by atoms with Crippen molar-refractivity contribution >= 4 is 12.3 Å². The third kappa shape index (κ3) is 2.66. The third-order valence-corrected chi connectivity index (χ3v) is 1.08. The maximum absolute atomic E-state index is 10.3. The fourth-order valence-electron chi connectivity index (χ4n) is 0.606. The molecule has 0 aromatic carbocycles. The highest BCUT2D eigenvalue weighted by molar-refractivity contribution is 5.86. The van der Waals surface area contributed by atoms with Crippen molar-refractivity contribution in [3.05, 3.63) is 23.9 Å². The number of primary amides is 1. The molecule has 2 N–H and O–H groups in total. The molecule has 0 spiro atoms. The number of rotatable bonds is 2. The molecule has 1 aliphatic heterocycles. The number of hydrogen-bond acceptors (Lipinski definition) is 3. The molecule has 4 heteroatoms. The van der Waals surface area contributed by atoms with E-state index in [1.54, 1.807) is 12.2 Å². The van der Waals surface area contributed by atoms with Gasteiger partial charge in [-0.2, -0.15) is 0 Å². The Morgan fingerprint density at radius 3 is 3.18 bits per heavy atom. The fourth-order valence-corrected chi connectivity index (χ4v) is 0.606. The van der Waals surface area contributed by atoms with Crippen LogP contribution in [0.4, 0.5) is 0 Å². The molecule has 1 heterocycles. The van der Waals surface area contributed by atoms with Gasteiger partial charge in [-0.1, -0.05) is 0 Å². The largest absolute Gasteiger partial charge is 0.479 e. The van der Waals surface area contributed by atoms with Crippen molar-refractivity contribution in [2.45, 2.75) is 0 Å². The Kier molecular flexibility index (Phi) is 2.43. The average Bonchev–Trinajstić information content (AvgIpc) is 2.03. The number of amides is 1. The lowest BCUT2D eigenvalue weighted by Crippen LogP contribution is -2.05. The van der Waals surface area contributed by atoms with Crippen LogP contribution in [0.5, 0.6) is 0 Å². The smallest absolute Gasteiger partial charge is 0.241 e. The molecular formula is C7H8N2O2. The summed E-state index contributed by atoms with van der Waals surface area (Å²) in [7, 11) is 0. The quantitative estimate of drug-likeness (QED) is 0.564. The van der Waals surface area contributed by atoms with E-state index < -0.39 is 5.91 Å². The van der Waals surface area contributed by atoms with E-state index in [1.807, 2.05) is 0 Å². The minimum Gasteiger partial charge on any atom is -0.479 e. The van der Waals surface area contributed by atoms with Crippen LogP contribution in [0.1, 0.15) is 0 Å². The van der Waals surface area contributed by atoms with E-state index in [4.69, 9.17) is 10.5 Å². The maximum atomic E-state index is 10.3. The van der Waals surface area contributed by atoms with Crippen LogP contribution in [-0.4, -0.2) is 18.9 Å². The van der Waals surface area contributed by atoms with Crippen LogP contribution < -0.4 is 5.73 Å². The Labute approximate surface area is 64.1 Å². The number of nitrogens with two attached hydrogens (primary N) is 1. The van der Waals surface area contributed by atoms with E-state index in [9.17, 15) is 4.79 Å². The Morgan fingerprint density at radius 2 is 2.64 bits per heavy atom. The van der Waals surface area contributed by atoms with Gasteiger partial charge >= 0.3 is 0 Å². The van der Waals surface area contributed by atoms with E-state index >= 15 is 0 Å². The van der Waals surface area contributed by atoms with E-state index in [-0.39, 0.29) is 0 Å². The number of ether oxygens (including phenoxy) is 1. The van der Waals surface area contributed by atoms with Crippen LogP contribution in [-0.2, 0) is 9.53 Å². The first-order chi connectivity index (χ1) is 5.29. The molecule has 0 radical (unpaired) electrons. The number of allylic oxidation sites excluding steroid dienone is 1. The highest BCUT2D eigenvalue weighted by Gasteiger charge is 1.93. The second kappa shape index (κ2) is 3.55. The molecular weight excluding hydrogens is 144 g/mol. The summed E-state index contributed by atoms with van der Waals surface area (Å²) in [5, 5.41) is 0. The summed E-state index contributed by atoms with van der Waals surface area (Å²) < 4.78 is 4.79. The first-order valence-electron chi connectivity index (χ1n) is 3.11. The van der Waals surface area contributed by atoms with E-state index in [0.29, 0.717) is 12.3 Å². The van der Waals surface area contributed by atoms with Gasteiger partial charge in [-0.05, 0) is 12.2 Å². The van der Waals surface area contributed by atoms with Crippen molar-refractivity contribution in [3.63, 3.8) is 0 Å². The first kappa shape index (κ1) is 7.53. The molecule has 0 aromatic rings. The van der Waals surface area contributed by atoms with Gasteiger partial charge in [-0.3, -0.25) is 4.79 Å². The highest BCUT2D eigenvalue weighted by Crippen LogP contribution is 2.01. The summed E-state index contributed by atoms with van der Waals surface area (Å²) in [6.45, 7) is 0.488. The molecule has 4 nitrogen and oxygen atoms in total. The van der Waals surface area contributed by atoms with Crippen LogP contribution in [0.3, 0.4) is 0 Å². The Balaban J connectivity index is 2.55. The predicted molar refractivity (Wildman–Crippen MR) is 40.9 cm³/mol. The van der Waals surface area contributed by atoms with Gasteiger partial charge in [0.25, 0.3) is 0 Å². The molecule has 0 bridgehead atoms. The fraction of sp³-hybridized carbons (Fsp3) is 0.143. The summed E-state index contributed by atoms with van der Waals surface area (Å²) in [4.78, 5) is 14.1. The zero-order valence-corrected chi connectivity index (χ0v) is 5.86. The van der Waals surface area contributed by atoms with E-state index in [0.717, 1.165) is 0 Å². The SMILES string of the molecule is NC(=O)C=CC1=CCOC=N1. The molecule has 0 atom stereocenters. The number of aliphatic imine (C=N–C) groups is 1. The number of hydrogen-bond donors (Lipinski definition) is 1.